The first kappa shape index (κ1) is 12.3. The van der Waals surface area contributed by atoms with Crippen LogP contribution in [0.1, 0.15) is 38.5 Å². The van der Waals surface area contributed by atoms with Gasteiger partial charge in [-0.05, 0) is 25.7 Å². The largest absolute Gasteiger partial charge is 0.453 e. The van der Waals surface area contributed by atoms with Gasteiger partial charge in [-0.3, -0.25) is 4.90 Å². The number of hydrogen-bond donors (Lipinski definition) is 0. The molecule has 2 saturated carbocycles. The Labute approximate surface area is 119 Å². The van der Waals surface area contributed by atoms with E-state index >= 15 is 0 Å². The maximum absolute atomic E-state index is 11.6. The zero-order valence-electron chi connectivity index (χ0n) is 9.92. The van der Waals surface area contributed by atoms with Gasteiger partial charge >= 0.3 is 6.09 Å². The lowest BCUT2D eigenvalue weighted by Crippen LogP contribution is -2.51. The Morgan fingerprint density at radius 3 is 2.06 bits per heavy atom. The third-order valence-electron chi connectivity index (χ3n) is 4.72. The minimum atomic E-state index is -0.161. The van der Waals surface area contributed by atoms with E-state index in [-0.39, 0.29) is 14.7 Å². The molecule has 0 aromatic heterocycles. The second-order valence-electron chi connectivity index (χ2n) is 5.56. The molecule has 3 fully saturated rings. The molecule has 1 heterocycles. The quantitative estimate of drug-likeness (QED) is 0.485. The summed E-state index contributed by atoms with van der Waals surface area (Å²) in [6.45, 7) is 0. The fraction of sp³-hybridized carbons (Fsp3) is 0.917. The van der Waals surface area contributed by atoms with Crippen molar-refractivity contribution >= 4 is 38.0 Å². The molecule has 0 radical (unpaired) electrons. The molecule has 4 atom stereocenters. The summed E-state index contributed by atoms with van der Waals surface area (Å²) in [6.07, 6.45) is 6.93. The Balaban J connectivity index is 1.81. The molecular formula is C12H17Br2NO2. The van der Waals surface area contributed by atoms with Gasteiger partial charge in [0.25, 0.3) is 0 Å². The Hall–Kier alpha value is 0.230. The van der Waals surface area contributed by atoms with E-state index in [1.165, 1.54) is 32.8 Å². The summed E-state index contributed by atoms with van der Waals surface area (Å²) in [5.74, 6) is 0. The first-order valence-electron chi connectivity index (χ1n) is 6.25. The van der Waals surface area contributed by atoms with Crippen LogP contribution in [0.5, 0.6) is 0 Å². The number of carbonyl (C=O) groups is 1. The zero-order chi connectivity index (χ0) is 12.3. The second-order valence-corrected chi connectivity index (χ2v) is 8.59. The van der Waals surface area contributed by atoms with Crippen molar-refractivity contribution in [1.29, 1.82) is 0 Å². The molecule has 3 rings (SSSR count). The lowest BCUT2D eigenvalue weighted by atomic mass is 9.70. The molecule has 17 heavy (non-hydrogen) atoms. The summed E-state index contributed by atoms with van der Waals surface area (Å²) in [7, 11) is 1.47. The normalized spacial score (nSPS) is 48.1. The van der Waals surface area contributed by atoms with Crippen LogP contribution < -0.4 is 0 Å². The van der Waals surface area contributed by atoms with E-state index in [4.69, 9.17) is 4.74 Å². The van der Waals surface area contributed by atoms with Gasteiger partial charge in [0.05, 0.1) is 19.2 Å². The van der Waals surface area contributed by atoms with Crippen LogP contribution in [0.2, 0.25) is 0 Å². The van der Waals surface area contributed by atoms with Crippen LogP contribution in [0.3, 0.4) is 0 Å². The van der Waals surface area contributed by atoms with Gasteiger partial charge in [-0.25, -0.2) is 4.79 Å². The van der Waals surface area contributed by atoms with Crippen molar-refractivity contribution in [2.45, 2.75) is 59.3 Å². The number of amides is 1. The number of carbonyl (C=O) groups excluding carboxylic acids is 1. The highest BCUT2D eigenvalue weighted by atomic mass is 79.9. The minimum Gasteiger partial charge on any atom is -0.453 e. The second kappa shape index (κ2) is 3.86. The monoisotopic (exact) mass is 365 g/mol. The summed E-state index contributed by atoms with van der Waals surface area (Å²) in [5.41, 5.74) is 0. The Morgan fingerprint density at radius 2 is 1.65 bits per heavy atom. The zero-order valence-corrected chi connectivity index (χ0v) is 13.1. The Bertz CT molecular complexity index is 338. The molecule has 5 heteroatoms. The Morgan fingerprint density at radius 1 is 1.18 bits per heavy atom. The highest BCUT2D eigenvalue weighted by Crippen LogP contribution is 2.62. The van der Waals surface area contributed by atoms with E-state index in [9.17, 15) is 4.79 Å². The molecule has 1 amide bonds. The van der Waals surface area contributed by atoms with Crippen molar-refractivity contribution in [3.8, 4) is 0 Å². The van der Waals surface area contributed by atoms with E-state index < -0.39 is 0 Å². The predicted molar refractivity (Wildman–Crippen MR) is 72.8 cm³/mol. The molecule has 0 spiro atoms. The molecule has 0 N–H and O–H groups in total. The van der Waals surface area contributed by atoms with Crippen LogP contribution in [0.25, 0.3) is 0 Å². The molecule has 3 nitrogen and oxygen atoms in total. The van der Waals surface area contributed by atoms with Gasteiger partial charge in [-0.15, -0.1) is 0 Å². The molecule has 0 aromatic rings. The van der Waals surface area contributed by atoms with Gasteiger partial charge in [0, 0.05) is 8.65 Å². The molecule has 2 aliphatic carbocycles. The Kier molecular flexibility index (Phi) is 2.79. The lowest BCUT2D eigenvalue weighted by Gasteiger charge is -2.49. The number of nitrogens with zero attached hydrogens (tertiary/aromatic N) is 1. The predicted octanol–water partition coefficient (Wildman–Crippen LogP) is 3.44. The third kappa shape index (κ3) is 1.68. The van der Waals surface area contributed by atoms with Crippen LogP contribution >= 0.6 is 31.9 Å². The van der Waals surface area contributed by atoms with Gasteiger partial charge in [0.2, 0.25) is 0 Å². The van der Waals surface area contributed by atoms with Crippen molar-refractivity contribution < 1.29 is 9.53 Å². The number of hydrogen-bond acceptors (Lipinski definition) is 2. The third-order valence-corrected chi connectivity index (χ3v) is 8.21. The van der Waals surface area contributed by atoms with Gasteiger partial charge in [0.1, 0.15) is 0 Å². The van der Waals surface area contributed by atoms with Crippen LogP contribution in [-0.2, 0) is 4.74 Å². The fourth-order valence-corrected chi connectivity index (χ4v) is 5.62. The van der Waals surface area contributed by atoms with E-state index in [1.807, 2.05) is 4.90 Å². The number of likely N-dealkylation sites (tertiary alicyclic amines) is 1. The first-order valence-corrected chi connectivity index (χ1v) is 7.83. The summed E-state index contributed by atoms with van der Waals surface area (Å²) in [5, 5.41) is 0. The molecule has 1 aliphatic heterocycles. The first-order chi connectivity index (χ1) is 8.01. The van der Waals surface area contributed by atoms with Crippen LogP contribution in [0.15, 0.2) is 0 Å². The molecular weight excluding hydrogens is 350 g/mol. The SMILES string of the molecule is COC(=O)N1[C@@H]2C[C@]3(Br)CCCC[C@@]3(Br)C[C@@H]21. The van der Waals surface area contributed by atoms with E-state index in [0.29, 0.717) is 12.1 Å². The fourth-order valence-electron chi connectivity index (χ4n) is 3.67. The molecule has 3 aliphatic rings. The van der Waals surface area contributed by atoms with Gasteiger partial charge in [-0.2, -0.15) is 0 Å². The molecule has 1 saturated heterocycles. The lowest BCUT2D eigenvalue weighted by molar-refractivity contribution is 0.150. The number of alkyl halides is 2. The highest BCUT2D eigenvalue weighted by molar-refractivity contribution is 9.13. The van der Waals surface area contributed by atoms with Crippen molar-refractivity contribution in [2.75, 3.05) is 7.11 Å². The average molecular weight is 367 g/mol. The maximum atomic E-state index is 11.6. The van der Waals surface area contributed by atoms with Crippen molar-refractivity contribution in [3.63, 3.8) is 0 Å². The number of ether oxygens (including phenoxy) is 1. The van der Waals surface area contributed by atoms with E-state index in [0.717, 1.165) is 12.8 Å². The smallest absolute Gasteiger partial charge is 0.410 e. The number of halogens is 2. The van der Waals surface area contributed by atoms with Gasteiger partial charge in [0.15, 0.2) is 0 Å². The maximum Gasteiger partial charge on any atom is 0.410 e. The van der Waals surface area contributed by atoms with Gasteiger partial charge in [-0.1, -0.05) is 44.7 Å². The van der Waals surface area contributed by atoms with Gasteiger partial charge < -0.3 is 4.74 Å². The van der Waals surface area contributed by atoms with E-state index in [2.05, 4.69) is 31.9 Å². The average Bonchev–Trinajstić information content (AvgIpc) is 2.96. The van der Waals surface area contributed by atoms with Crippen LogP contribution in [-0.4, -0.2) is 38.8 Å². The summed E-state index contributed by atoms with van der Waals surface area (Å²) >= 11 is 7.94. The standard InChI is InChI=1S/C12H17Br2NO2/c1-17-10(16)15-8-6-11(13)4-2-3-5-12(11,14)7-9(8)15/h8-9H,2-7H2,1H3/t8-,9+,11-,12-,15?/m1/s1. The molecule has 96 valence electrons. The minimum absolute atomic E-state index is 0.161. The summed E-state index contributed by atoms with van der Waals surface area (Å²) < 4.78 is 5.18. The number of rotatable bonds is 0. The molecule has 0 bridgehead atoms. The topological polar surface area (TPSA) is 29.3 Å². The highest BCUT2D eigenvalue weighted by Gasteiger charge is 2.66. The summed E-state index contributed by atoms with van der Waals surface area (Å²) in [6, 6.07) is 0.788. The molecule has 0 aromatic carbocycles. The van der Waals surface area contributed by atoms with Crippen molar-refractivity contribution in [3.05, 3.63) is 0 Å². The van der Waals surface area contributed by atoms with Crippen molar-refractivity contribution in [1.82, 2.24) is 4.90 Å². The van der Waals surface area contributed by atoms with Crippen molar-refractivity contribution in [2.24, 2.45) is 0 Å². The van der Waals surface area contributed by atoms with Crippen LogP contribution in [0.4, 0.5) is 4.79 Å². The van der Waals surface area contributed by atoms with E-state index in [1.54, 1.807) is 0 Å². The van der Waals surface area contributed by atoms with Crippen LogP contribution in [0, 0.1) is 0 Å². The number of methoxy groups -OCH3 is 1. The molecule has 0 unspecified atom stereocenters. The summed E-state index contributed by atoms with van der Waals surface area (Å²) in [4.78, 5) is 13.5. The number of fused-ring (bicyclic) bond motifs is 2.